The minimum atomic E-state index is -3.53. The predicted octanol–water partition coefficient (Wildman–Crippen LogP) is 2.36. The molecule has 3 rings (SSSR count). The summed E-state index contributed by atoms with van der Waals surface area (Å²) in [6, 6.07) is 6.80. The summed E-state index contributed by atoms with van der Waals surface area (Å²) in [6.45, 7) is 5.93. The van der Waals surface area contributed by atoms with E-state index in [4.69, 9.17) is 9.47 Å². The lowest BCUT2D eigenvalue weighted by Gasteiger charge is -2.36. The number of carbonyl (C=O) groups excluding carboxylic acids is 2. The van der Waals surface area contributed by atoms with Gasteiger partial charge in [0, 0.05) is 32.1 Å². The zero-order valence-electron chi connectivity index (χ0n) is 19.0. The lowest BCUT2D eigenvalue weighted by molar-refractivity contribution is -0.161. The van der Waals surface area contributed by atoms with Crippen LogP contribution in [0.5, 0.6) is 0 Å². The molecule has 1 amide bonds. The molecule has 0 aliphatic carbocycles. The Morgan fingerprint density at radius 3 is 2.47 bits per heavy atom. The van der Waals surface area contributed by atoms with Gasteiger partial charge in [-0.25, -0.2) is 8.42 Å². The normalized spacial score (nSPS) is 21.2. The monoisotopic (exact) mass is 466 g/mol. The van der Waals surface area contributed by atoms with E-state index < -0.39 is 22.1 Å². The summed E-state index contributed by atoms with van der Waals surface area (Å²) >= 11 is 0. The lowest BCUT2D eigenvalue weighted by Crippen LogP contribution is -2.48. The molecule has 0 bridgehead atoms. The molecule has 32 heavy (non-hydrogen) atoms. The third-order valence-corrected chi connectivity index (χ3v) is 8.10. The highest BCUT2D eigenvalue weighted by atomic mass is 32.2. The predicted molar refractivity (Wildman–Crippen MR) is 120 cm³/mol. The summed E-state index contributed by atoms with van der Waals surface area (Å²) in [5.74, 6) is -0.552. The van der Waals surface area contributed by atoms with Crippen LogP contribution >= 0.6 is 0 Å². The second-order valence-electron chi connectivity index (χ2n) is 8.38. The van der Waals surface area contributed by atoms with E-state index in [1.54, 1.807) is 31.2 Å². The molecule has 178 valence electrons. The molecule has 2 aliphatic heterocycles. The van der Waals surface area contributed by atoms with Crippen molar-refractivity contribution in [2.45, 2.75) is 69.4 Å². The Hall–Kier alpha value is -1.97. The number of amides is 1. The fraction of sp³-hybridized carbons (Fsp3) is 0.652. The second-order valence-corrected chi connectivity index (χ2v) is 10.3. The van der Waals surface area contributed by atoms with Crippen LogP contribution in [0.4, 0.5) is 0 Å². The first-order valence-corrected chi connectivity index (χ1v) is 12.9. The Balaban J connectivity index is 1.49. The summed E-state index contributed by atoms with van der Waals surface area (Å²) < 4.78 is 37.4. The van der Waals surface area contributed by atoms with Crippen molar-refractivity contribution in [3.63, 3.8) is 0 Å². The van der Waals surface area contributed by atoms with Crippen molar-refractivity contribution in [3.8, 4) is 0 Å². The Morgan fingerprint density at radius 2 is 1.81 bits per heavy atom. The van der Waals surface area contributed by atoms with Crippen LogP contribution < -0.4 is 0 Å². The summed E-state index contributed by atoms with van der Waals surface area (Å²) in [6.07, 6.45) is 3.77. The standard InChI is InChI=1S/C23H34N2O6S/c1-3-20-6-4-5-13-25(20)23(27)18(2)31-22(26)12-9-19-7-10-21(11-8-19)32(28,29)24-14-16-30-17-15-24/h7-8,10-11,18,20H,3-6,9,12-17H2,1-2H3. The minimum absolute atomic E-state index is 0.123. The molecule has 1 aromatic rings. The van der Waals surface area contributed by atoms with Crippen LogP contribution in [0, 0.1) is 0 Å². The van der Waals surface area contributed by atoms with E-state index in [1.807, 2.05) is 4.90 Å². The average molecular weight is 467 g/mol. The number of carbonyl (C=O) groups is 2. The number of hydrogen-bond donors (Lipinski definition) is 0. The van der Waals surface area contributed by atoms with Crippen LogP contribution in [-0.2, 0) is 35.5 Å². The van der Waals surface area contributed by atoms with Gasteiger partial charge in [0.2, 0.25) is 10.0 Å². The number of nitrogens with zero attached hydrogens (tertiary/aromatic N) is 2. The van der Waals surface area contributed by atoms with Gasteiger partial charge in [-0.05, 0) is 56.7 Å². The van der Waals surface area contributed by atoms with Crippen LogP contribution in [0.1, 0.15) is 51.5 Å². The largest absolute Gasteiger partial charge is 0.453 e. The number of likely N-dealkylation sites (tertiary alicyclic amines) is 1. The SMILES string of the molecule is CCC1CCCCN1C(=O)C(C)OC(=O)CCc1ccc(S(=O)(=O)N2CCOCC2)cc1. The molecule has 0 saturated carbocycles. The van der Waals surface area contributed by atoms with Crippen molar-refractivity contribution in [3.05, 3.63) is 29.8 Å². The molecular formula is C23H34N2O6S. The van der Waals surface area contributed by atoms with E-state index >= 15 is 0 Å². The maximum atomic E-state index is 12.7. The van der Waals surface area contributed by atoms with Gasteiger partial charge in [-0.15, -0.1) is 0 Å². The van der Waals surface area contributed by atoms with Gasteiger partial charge in [-0.1, -0.05) is 19.1 Å². The summed E-state index contributed by atoms with van der Waals surface area (Å²) in [5, 5.41) is 0. The van der Waals surface area contributed by atoms with Crippen molar-refractivity contribution in [1.82, 2.24) is 9.21 Å². The van der Waals surface area contributed by atoms with Gasteiger partial charge >= 0.3 is 5.97 Å². The van der Waals surface area contributed by atoms with Crippen molar-refractivity contribution in [1.29, 1.82) is 0 Å². The van der Waals surface area contributed by atoms with E-state index in [2.05, 4.69) is 6.92 Å². The van der Waals surface area contributed by atoms with Crippen LogP contribution in [0.3, 0.4) is 0 Å². The molecule has 0 radical (unpaired) electrons. The zero-order valence-corrected chi connectivity index (χ0v) is 19.8. The number of esters is 1. The number of hydrogen-bond acceptors (Lipinski definition) is 6. The molecule has 2 heterocycles. The number of rotatable bonds is 8. The van der Waals surface area contributed by atoms with Gasteiger partial charge in [0.15, 0.2) is 6.10 Å². The molecule has 2 fully saturated rings. The van der Waals surface area contributed by atoms with E-state index in [-0.39, 0.29) is 23.3 Å². The lowest BCUT2D eigenvalue weighted by atomic mass is 9.99. The maximum Gasteiger partial charge on any atom is 0.306 e. The van der Waals surface area contributed by atoms with E-state index in [0.717, 1.165) is 37.8 Å². The number of sulfonamides is 1. The minimum Gasteiger partial charge on any atom is -0.453 e. The van der Waals surface area contributed by atoms with Crippen molar-refractivity contribution < 1.29 is 27.5 Å². The van der Waals surface area contributed by atoms with Crippen molar-refractivity contribution in [2.75, 3.05) is 32.8 Å². The molecule has 9 heteroatoms. The van der Waals surface area contributed by atoms with E-state index in [1.165, 1.54) is 4.31 Å². The third-order valence-electron chi connectivity index (χ3n) is 6.19. The highest BCUT2D eigenvalue weighted by molar-refractivity contribution is 7.89. The second kappa shape index (κ2) is 11.2. The van der Waals surface area contributed by atoms with Crippen LogP contribution in [0.15, 0.2) is 29.2 Å². The molecule has 2 unspecified atom stereocenters. The molecule has 2 aliphatic rings. The fourth-order valence-electron chi connectivity index (χ4n) is 4.27. The molecule has 0 spiro atoms. The fourth-order valence-corrected chi connectivity index (χ4v) is 5.67. The third kappa shape index (κ3) is 6.08. The van der Waals surface area contributed by atoms with Gasteiger partial charge in [-0.3, -0.25) is 9.59 Å². The number of morpholine rings is 1. The van der Waals surface area contributed by atoms with Gasteiger partial charge < -0.3 is 14.4 Å². The number of ether oxygens (including phenoxy) is 2. The first-order chi connectivity index (χ1) is 15.3. The Labute approximate surface area is 190 Å². The average Bonchev–Trinajstić information content (AvgIpc) is 2.83. The van der Waals surface area contributed by atoms with Crippen LogP contribution in [0.25, 0.3) is 0 Å². The van der Waals surface area contributed by atoms with E-state index in [0.29, 0.717) is 32.7 Å². The van der Waals surface area contributed by atoms with E-state index in [9.17, 15) is 18.0 Å². The molecule has 0 N–H and O–H groups in total. The van der Waals surface area contributed by atoms with Gasteiger partial charge in [0.05, 0.1) is 18.1 Å². The maximum absolute atomic E-state index is 12.7. The highest BCUT2D eigenvalue weighted by Crippen LogP contribution is 2.21. The quantitative estimate of drug-likeness (QED) is 0.546. The number of aryl methyl sites for hydroxylation is 1. The molecular weight excluding hydrogens is 432 g/mol. The Morgan fingerprint density at radius 1 is 1.12 bits per heavy atom. The van der Waals surface area contributed by atoms with Crippen molar-refractivity contribution >= 4 is 21.9 Å². The molecule has 0 aromatic heterocycles. The van der Waals surface area contributed by atoms with Crippen LogP contribution in [-0.4, -0.2) is 74.5 Å². The number of benzene rings is 1. The molecule has 8 nitrogen and oxygen atoms in total. The number of piperidine rings is 1. The first-order valence-electron chi connectivity index (χ1n) is 11.5. The summed E-state index contributed by atoms with van der Waals surface area (Å²) in [5.41, 5.74) is 0.837. The van der Waals surface area contributed by atoms with Crippen molar-refractivity contribution in [2.24, 2.45) is 0 Å². The first kappa shape index (κ1) is 24.7. The summed E-state index contributed by atoms with van der Waals surface area (Å²) in [4.78, 5) is 27.1. The van der Waals surface area contributed by atoms with Gasteiger partial charge in [-0.2, -0.15) is 4.31 Å². The topological polar surface area (TPSA) is 93.2 Å². The highest BCUT2D eigenvalue weighted by Gasteiger charge is 2.30. The smallest absolute Gasteiger partial charge is 0.306 e. The van der Waals surface area contributed by atoms with Gasteiger partial charge in [0.1, 0.15) is 0 Å². The Bertz CT molecular complexity index is 880. The van der Waals surface area contributed by atoms with Gasteiger partial charge in [0.25, 0.3) is 5.91 Å². The van der Waals surface area contributed by atoms with Crippen LogP contribution in [0.2, 0.25) is 0 Å². The molecule has 2 atom stereocenters. The summed E-state index contributed by atoms with van der Waals surface area (Å²) in [7, 11) is -3.53. The Kier molecular flexibility index (Phi) is 8.67. The molecule has 1 aromatic carbocycles. The molecule has 2 saturated heterocycles. The zero-order chi connectivity index (χ0) is 23.1.